The number of nitrogens with zero attached hydrogens (tertiary/aromatic N) is 4. The Hall–Kier alpha value is -3.01. The van der Waals surface area contributed by atoms with Crippen molar-refractivity contribution in [2.24, 2.45) is 0 Å². The Balaban J connectivity index is 1.56. The Labute approximate surface area is 164 Å². The molecule has 0 unspecified atom stereocenters. The van der Waals surface area contributed by atoms with Crippen LogP contribution in [0, 0.1) is 0 Å². The van der Waals surface area contributed by atoms with E-state index in [-0.39, 0.29) is 5.41 Å². The fourth-order valence-electron chi connectivity index (χ4n) is 5.28. The summed E-state index contributed by atoms with van der Waals surface area (Å²) in [5, 5.41) is 4.77. The van der Waals surface area contributed by atoms with Crippen LogP contribution in [0.1, 0.15) is 48.2 Å². The molecule has 2 aliphatic carbocycles. The second-order valence-electron chi connectivity index (χ2n) is 8.25. The van der Waals surface area contributed by atoms with E-state index in [4.69, 9.17) is 15.1 Å². The van der Waals surface area contributed by atoms with Crippen LogP contribution < -0.4 is 0 Å². The second-order valence-corrected chi connectivity index (χ2v) is 8.25. The van der Waals surface area contributed by atoms with Gasteiger partial charge in [-0.25, -0.2) is 14.5 Å². The highest BCUT2D eigenvalue weighted by atomic mass is 15.3. The molecule has 1 fully saturated rings. The van der Waals surface area contributed by atoms with Crippen molar-refractivity contribution >= 4 is 5.65 Å². The average Bonchev–Trinajstić information content (AvgIpc) is 3.35. The van der Waals surface area contributed by atoms with Crippen LogP contribution in [0.25, 0.3) is 16.9 Å². The minimum absolute atomic E-state index is 0.163. The third-order valence-electron chi connectivity index (χ3n) is 6.53. The molecule has 0 aliphatic heterocycles. The van der Waals surface area contributed by atoms with Crippen molar-refractivity contribution in [2.45, 2.75) is 43.9 Å². The van der Waals surface area contributed by atoms with Crippen molar-refractivity contribution in [3.63, 3.8) is 0 Å². The maximum Gasteiger partial charge on any atom is 0.163 e. The van der Waals surface area contributed by atoms with Crippen molar-refractivity contribution in [3.8, 4) is 11.3 Å². The predicted octanol–water partition coefficient (Wildman–Crippen LogP) is 4.75. The predicted molar refractivity (Wildman–Crippen MR) is 109 cm³/mol. The molecule has 2 aliphatic rings. The monoisotopic (exact) mass is 366 g/mol. The van der Waals surface area contributed by atoms with Crippen LogP contribution in [-0.2, 0) is 18.3 Å². The number of rotatable bonds is 2. The zero-order chi connectivity index (χ0) is 18.6. The van der Waals surface area contributed by atoms with Crippen LogP contribution >= 0.6 is 0 Å². The van der Waals surface area contributed by atoms with Gasteiger partial charge in [-0.05, 0) is 30.4 Å². The Morgan fingerprint density at radius 3 is 2.57 bits per heavy atom. The van der Waals surface area contributed by atoms with Gasteiger partial charge in [0.25, 0.3) is 0 Å². The molecular weight excluding hydrogens is 344 g/mol. The summed E-state index contributed by atoms with van der Waals surface area (Å²) in [6, 6.07) is 19.2. The summed E-state index contributed by atoms with van der Waals surface area (Å²) < 4.78 is 1.91. The first-order valence-corrected chi connectivity index (χ1v) is 10.2. The van der Waals surface area contributed by atoms with Crippen LogP contribution in [0.15, 0.2) is 60.9 Å². The van der Waals surface area contributed by atoms with Gasteiger partial charge in [0.1, 0.15) is 6.33 Å². The minimum Gasteiger partial charge on any atom is -0.236 e. The molecule has 1 spiro atoms. The molecule has 0 radical (unpaired) electrons. The first-order chi connectivity index (χ1) is 13.8. The van der Waals surface area contributed by atoms with E-state index >= 15 is 0 Å². The lowest BCUT2D eigenvalue weighted by molar-refractivity contribution is 0.433. The first-order valence-electron chi connectivity index (χ1n) is 10.2. The largest absolute Gasteiger partial charge is 0.236 e. The summed E-state index contributed by atoms with van der Waals surface area (Å²) in [6.07, 6.45) is 8.70. The lowest BCUT2D eigenvalue weighted by Gasteiger charge is -2.36. The molecule has 6 rings (SSSR count). The maximum absolute atomic E-state index is 5.03. The van der Waals surface area contributed by atoms with E-state index in [0.717, 1.165) is 30.0 Å². The highest BCUT2D eigenvalue weighted by Crippen LogP contribution is 2.51. The van der Waals surface area contributed by atoms with Crippen LogP contribution in [-0.4, -0.2) is 19.6 Å². The molecule has 2 aromatic heterocycles. The lowest BCUT2D eigenvalue weighted by atomic mass is 9.68. The fraction of sp³-hybridized carbons (Fsp3) is 0.292. The van der Waals surface area contributed by atoms with E-state index in [1.807, 2.05) is 16.9 Å². The van der Waals surface area contributed by atoms with Gasteiger partial charge in [-0.1, -0.05) is 67.4 Å². The molecule has 4 aromatic rings. The van der Waals surface area contributed by atoms with Crippen LogP contribution in [0.2, 0.25) is 0 Å². The smallest absolute Gasteiger partial charge is 0.163 e. The third kappa shape index (κ3) is 2.34. The van der Waals surface area contributed by atoms with Gasteiger partial charge in [-0.3, -0.25) is 0 Å². The number of fused-ring (bicyclic) bond motifs is 6. The van der Waals surface area contributed by atoms with E-state index in [9.17, 15) is 0 Å². The van der Waals surface area contributed by atoms with Crippen molar-refractivity contribution in [1.82, 2.24) is 19.6 Å². The zero-order valence-electron chi connectivity index (χ0n) is 15.8. The van der Waals surface area contributed by atoms with Gasteiger partial charge >= 0.3 is 0 Å². The molecule has 2 aromatic carbocycles. The van der Waals surface area contributed by atoms with E-state index < -0.39 is 0 Å². The first kappa shape index (κ1) is 16.0. The third-order valence-corrected chi connectivity index (χ3v) is 6.53. The van der Waals surface area contributed by atoms with Crippen molar-refractivity contribution in [1.29, 1.82) is 0 Å². The lowest BCUT2D eigenvalue weighted by Crippen LogP contribution is -2.31. The van der Waals surface area contributed by atoms with Gasteiger partial charge < -0.3 is 0 Å². The van der Waals surface area contributed by atoms with Gasteiger partial charge in [-0.15, -0.1) is 5.10 Å². The number of hydrogen-bond donors (Lipinski definition) is 0. The number of hydrogen-bond acceptors (Lipinski definition) is 3. The van der Waals surface area contributed by atoms with E-state index in [2.05, 4.69) is 48.5 Å². The Morgan fingerprint density at radius 1 is 0.929 bits per heavy atom. The molecule has 4 heteroatoms. The Bertz CT molecular complexity index is 1170. The highest BCUT2D eigenvalue weighted by Gasteiger charge is 2.43. The molecule has 138 valence electrons. The summed E-state index contributed by atoms with van der Waals surface area (Å²) in [7, 11) is 0. The van der Waals surface area contributed by atoms with Crippen molar-refractivity contribution in [2.75, 3.05) is 0 Å². The van der Waals surface area contributed by atoms with E-state index in [1.165, 1.54) is 47.9 Å². The van der Waals surface area contributed by atoms with Gasteiger partial charge in [0.15, 0.2) is 11.5 Å². The van der Waals surface area contributed by atoms with Crippen molar-refractivity contribution < 1.29 is 0 Å². The second kappa shape index (κ2) is 5.99. The molecule has 2 heterocycles. The van der Waals surface area contributed by atoms with Crippen LogP contribution in [0.5, 0.6) is 0 Å². The molecule has 0 atom stereocenters. The molecule has 4 nitrogen and oxygen atoms in total. The molecule has 0 N–H and O–H groups in total. The molecule has 0 saturated heterocycles. The standard InChI is InChI=1S/C24H22N4/c1-2-8-17(9-3-1)14-20-26-23-21-22(25-16-28(23)27-20)19-11-5-4-10-18(19)15-24(21)12-6-7-13-24/h1-5,8-11,16H,6-7,12-15H2. The van der Waals surface area contributed by atoms with Crippen molar-refractivity contribution in [3.05, 3.63) is 83.4 Å². The number of aromatic nitrogens is 4. The topological polar surface area (TPSA) is 43.1 Å². The van der Waals surface area contributed by atoms with Gasteiger partial charge in [0, 0.05) is 23.0 Å². The fourth-order valence-corrected chi connectivity index (χ4v) is 5.28. The minimum atomic E-state index is 0.163. The Morgan fingerprint density at radius 2 is 1.71 bits per heavy atom. The van der Waals surface area contributed by atoms with E-state index in [1.54, 1.807) is 0 Å². The molecular formula is C24H22N4. The summed E-state index contributed by atoms with van der Waals surface area (Å²) >= 11 is 0. The van der Waals surface area contributed by atoms with Crippen LogP contribution in [0.3, 0.4) is 0 Å². The summed E-state index contributed by atoms with van der Waals surface area (Å²) in [5.41, 5.74) is 7.56. The molecule has 28 heavy (non-hydrogen) atoms. The van der Waals surface area contributed by atoms with Gasteiger partial charge in [-0.2, -0.15) is 0 Å². The average molecular weight is 366 g/mol. The SMILES string of the molecule is c1ccc(Cc2nc3c4c(ncn3n2)-c2ccccc2CC42CCCC2)cc1. The summed E-state index contributed by atoms with van der Waals surface area (Å²) in [5.74, 6) is 0.869. The quantitative estimate of drug-likeness (QED) is 0.514. The van der Waals surface area contributed by atoms with Crippen LogP contribution in [0.4, 0.5) is 0 Å². The molecule has 0 bridgehead atoms. The molecule has 0 amide bonds. The van der Waals surface area contributed by atoms with Gasteiger partial charge in [0.05, 0.1) is 5.69 Å². The molecule has 1 saturated carbocycles. The number of benzene rings is 2. The Kier molecular flexibility index (Phi) is 3.42. The maximum atomic E-state index is 5.03. The van der Waals surface area contributed by atoms with Gasteiger partial charge in [0.2, 0.25) is 0 Å². The normalized spacial score (nSPS) is 17.0. The summed E-state index contributed by atoms with van der Waals surface area (Å²) in [6.45, 7) is 0. The zero-order valence-corrected chi connectivity index (χ0v) is 15.8. The highest BCUT2D eigenvalue weighted by molar-refractivity contribution is 5.77. The van der Waals surface area contributed by atoms with E-state index in [0.29, 0.717) is 0 Å². The summed E-state index contributed by atoms with van der Waals surface area (Å²) in [4.78, 5) is 9.91.